The quantitative estimate of drug-likeness (QED) is 0.873. The molecule has 0 aliphatic carbocycles. The van der Waals surface area contributed by atoms with E-state index >= 15 is 0 Å². The Morgan fingerprint density at radius 3 is 2.94 bits per heavy atom. The monoisotopic (exact) mass is 235 g/mol. The predicted molar refractivity (Wildman–Crippen MR) is 63.0 cm³/mol. The molecule has 2 heterocycles. The van der Waals surface area contributed by atoms with Gasteiger partial charge in [0.2, 0.25) is 0 Å². The lowest BCUT2D eigenvalue weighted by atomic mass is 10.3. The van der Waals surface area contributed by atoms with E-state index in [9.17, 15) is 0 Å². The number of rotatable bonds is 4. The standard InChI is InChI=1S/C10H13N5S/c1-3-11-7(2)9-14-15-10(16-9)8-4-5-12-13-6-8/h4-7,11H,3H2,1-2H3. The van der Waals surface area contributed by atoms with Crippen molar-refractivity contribution in [2.45, 2.75) is 19.9 Å². The molecule has 0 aliphatic heterocycles. The van der Waals surface area contributed by atoms with E-state index in [1.165, 1.54) is 0 Å². The van der Waals surface area contributed by atoms with Crippen LogP contribution in [0.1, 0.15) is 24.9 Å². The maximum atomic E-state index is 4.17. The van der Waals surface area contributed by atoms with Gasteiger partial charge >= 0.3 is 0 Å². The Morgan fingerprint density at radius 1 is 1.38 bits per heavy atom. The van der Waals surface area contributed by atoms with E-state index in [1.54, 1.807) is 23.7 Å². The normalized spacial score (nSPS) is 12.6. The van der Waals surface area contributed by atoms with Crippen molar-refractivity contribution in [3.8, 4) is 10.6 Å². The maximum Gasteiger partial charge on any atom is 0.149 e. The number of nitrogens with one attached hydrogen (secondary N) is 1. The summed E-state index contributed by atoms with van der Waals surface area (Å²) in [7, 11) is 0. The summed E-state index contributed by atoms with van der Waals surface area (Å²) in [5.74, 6) is 0. The van der Waals surface area contributed by atoms with Gasteiger partial charge in [-0.05, 0) is 19.5 Å². The van der Waals surface area contributed by atoms with Gasteiger partial charge in [-0.15, -0.1) is 10.2 Å². The first kappa shape index (κ1) is 11.1. The molecule has 0 amide bonds. The van der Waals surface area contributed by atoms with Gasteiger partial charge in [0.25, 0.3) is 0 Å². The summed E-state index contributed by atoms with van der Waals surface area (Å²) in [6.07, 6.45) is 3.35. The molecule has 0 fully saturated rings. The minimum Gasteiger partial charge on any atom is -0.308 e. The van der Waals surface area contributed by atoms with Crippen molar-refractivity contribution in [1.82, 2.24) is 25.7 Å². The average molecular weight is 235 g/mol. The molecule has 84 valence electrons. The lowest BCUT2D eigenvalue weighted by molar-refractivity contribution is 0.590. The second-order valence-electron chi connectivity index (χ2n) is 3.36. The molecular weight excluding hydrogens is 222 g/mol. The second kappa shape index (κ2) is 5.09. The van der Waals surface area contributed by atoms with Gasteiger partial charge in [-0.3, -0.25) is 0 Å². The van der Waals surface area contributed by atoms with E-state index in [1.807, 2.05) is 6.07 Å². The van der Waals surface area contributed by atoms with Crippen LogP contribution in [0.25, 0.3) is 10.6 Å². The summed E-state index contributed by atoms with van der Waals surface area (Å²) >= 11 is 1.58. The highest BCUT2D eigenvalue weighted by Crippen LogP contribution is 2.25. The van der Waals surface area contributed by atoms with Crippen molar-refractivity contribution in [3.05, 3.63) is 23.5 Å². The fourth-order valence-electron chi connectivity index (χ4n) is 1.34. The smallest absolute Gasteiger partial charge is 0.149 e. The first-order valence-corrected chi connectivity index (χ1v) is 5.96. The fraction of sp³-hybridized carbons (Fsp3) is 0.400. The predicted octanol–water partition coefficient (Wildman–Crippen LogP) is 1.67. The van der Waals surface area contributed by atoms with Gasteiger partial charge in [-0.25, -0.2) is 0 Å². The molecule has 5 nitrogen and oxygen atoms in total. The zero-order valence-corrected chi connectivity index (χ0v) is 10.0. The van der Waals surface area contributed by atoms with Gasteiger partial charge < -0.3 is 5.32 Å². The number of nitrogens with zero attached hydrogens (tertiary/aromatic N) is 4. The molecule has 0 aromatic carbocycles. The van der Waals surface area contributed by atoms with E-state index < -0.39 is 0 Å². The van der Waals surface area contributed by atoms with Crippen LogP contribution < -0.4 is 5.32 Å². The van der Waals surface area contributed by atoms with Crippen LogP contribution in [0, 0.1) is 0 Å². The van der Waals surface area contributed by atoms with E-state index in [2.05, 4.69) is 39.6 Å². The second-order valence-corrected chi connectivity index (χ2v) is 4.37. The number of hydrogen-bond donors (Lipinski definition) is 1. The molecule has 1 unspecified atom stereocenters. The minimum absolute atomic E-state index is 0.242. The molecule has 1 atom stereocenters. The molecule has 16 heavy (non-hydrogen) atoms. The molecule has 0 radical (unpaired) electrons. The average Bonchev–Trinajstić information content (AvgIpc) is 2.80. The fourth-order valence-corrected chi connectivity index (χ4v) is 2.20. The first-order valence-electron chi connectivity index (χ1n) is 5.15. The molecule has 0 saturated heterocycles. The van der Waals surface area contributed by atoms with E-state index in [0.29, 0.717) is 0 Å². The largest absolute Gasteiger partial charge is 0.308 e. The molecule has 2 aromatic heterocycles. The van der Waals surface area contributed by atoms with Crippen molar-refractivity contribution in [3.63, 3.8) is 0 Å². The molecule has 1 N–H and O–H groups in total. The SMILES string of the molecule is CCNC(C)c1nnc(-c2ccnnc2)s1. The van der Waals surface area contributed by atoms with Crippen LogP contribution >= 0.6 is 11.3 Å². The molecule has 0 aliphatic rings. The van der Waals surface area contributed by atoms with E-state index in [-0.39, 0.29) is 6.04 Å². The Bertz CT molecular complexity index is 441. The van der Waals surface area contributed by atoms with Crippen molar-refractivity contribution in [2.24, 2.45) is 0 Å². The molecule has 0 bridgehead atoms. The Labute approximate surface area is 98.0 Å². The molecule has 0 saturated carbocycles. The lowest BCUT2D eigenvalue weighted by Crippen LogP contribution is -2.17. The number of hydrogen-bond acceptors (Lipinski definition) is 6. The van der Waals surface area contributed by atoms with Crippen molar-refractivity contribution >= 4 is 11.3 Å². The lowest BCUT2D eigenvalue weighted by Gasteiger charge is -2.06. The summed E-state index contributed by atoms with van der Waals surface area (Å²) in [6.45, 7) is 5.08. The van der Waals surface area contributed by atoms with E-state index in [4.69, 9.17) is 0 Å². The van der Waals surface area contributed by atoms with Gasteiger partial charge in [0.15, 0.2) is 0 Å². The van der Waals surface area contributed by atoms with Crippen LogP contribution in [0.4, 0.5) is 0 Å². The summed E-state index contributed by atoms with van der Waals surface area (Å²) in [5.41, 5.74) is 0.961. The van der Waals surface area contributed by atoms with E-state index in [0.717, 1.165) is 22.1 Å². The third kappa shape index (κ3) is 2.40. The van der Waals surface area contributed by atoms with Crippen LogP contribution in [-0.4, -0.2) is 26.9 Å². The van der Waals surface area contributed by atoms with Gasteiger partial charge in [0.05, 0.1) is 18.4 Å². The van der Waals surface area contributed by atoms with Gasteiger partial charge in [-0.1, -0.05) is 18.3 Å². The van der Waals surface area contributed by atoms with Gasteiger partial charge in [0.1, 0.15) is 10.0 Å². The van der Waals surface area contributed by atoms with Crippen LogP contribution in [0.15, 0.2) is 18.5 Å². The molecule has 0 spiro atoms. The maximum absolute atomic E-state index is 4.17. The first-order chi connectivity index (χ1) is 7.81. The third-order valence-corrected chi connectivity index (χ3v) is 3.31. The summed E-state index contributed by atoms with van der Waals surface area (Å²) in [5, 5.41) is 21.1. The number of aromatic nitrogens is 4. The van der Waals surface area contributed by atoms with Gasteiger partial charge in [0, 0.05) is 5.56 Å². The van der Waals surface area contributed by atoms with Gasteiger partial charge in [-0.2, -0.15) is 10.2 Å². The molecular formula is C10H13N5S. The Morgan fingerprint density at radius 2 is 2.25 bits per heavy atom. The summed E-state index contributed by atoms with van der Waals surface area (Å²) < 4.78 is 0. The highest BCUT2D eigenvalue weighted by molar-refractivity contribution is 7.14. The van der Waals surface area contributed by atoms with Crippen LogP contribution in [0.5, 0.6) is 0 Å². The molecule has 2 rings (SSSR count). The van der Waals surface area contributed by atoms with Crippen molar-refractivity contribution < 1.29 is 0 Å². The minimum atomic E-state index is 0.242. The Balaban J connectivity index is 2.20. The third-order valence-electron chi connectivity index (χ3n) is 2.15. The highest BCUT2D eigenvalue weighted by Gasteiger charge is 2.11. The Kier molecular flexibility index (Phi) is 3.53. The van der Waals surface area contributed by atoms with Crippen molar-refractivity contribution in [2.75, 3.05) is 6.54 Å². The summed E-state index contributed by atoms with van der Waals surface area (Å²) in [4.78, 5) is 0. The Hall–Kier alpha value is -1.40. The molecule has 2 aromatic rings. The van der Waals surface area contributed by atoms with Crippen molar-refractivity contribution in [1.29, 1.82) is 0 Å². The zero-order valence-electron chi connectivity index (χ0n) is 9.21. The summed E-state index contributed by atoms with van der Waals surface area (Å²) in [6, 6.07) is 2.13. The topological polar surface area (TPSA) is 63.6 Å². The highest BCUT2D eigenvalue weighted by atomic mass is 32.1. The molecule has 6 heteroatoms. The van der Waals surface area contributed by atoms with Crippen LogP contribution in [0.2, 0.25) is 0 Å². The van der Waals surface area contributed by atoms with Crippen LogP contribution in [0.3, 0.4) is 0 Å². The van der Waals surface area contributed by atoms with Crippen LogP contribution in [-0.2, 0) is 0 Å². The zero-order chi connectivity index (χ0) is 11.4.